The standard InChI is InChI=1S/C24H24N2O2/c1-26-15-14-21-20(18-8-4-2-5-9-18)12-13-23(22(21)17-26)25-16-24(27)28-19-10-6-3-7-11-19/h2-13,25H,14-17H2,1H3. The first-order chi connectivity index (χ1) is 13.7. The number of ether oxygens (including phenoxy) is 1. The molecule has 0 saturated heterocycles. The Bertz CT molecular complexity index is 955. The van der Waals surface area contributed by atoms with Crippen LogP contribution in [0.25, 0.3) is 11.1 Å². The minimum Gasteiger partial charge on any atom is -0.425 e. The van der Waals surface area contributed by atoms with Gasteiger partial charge in [-0.2, -0.15) is 0 Å². The van der Waals surface area contributed by atoms with E-state index in [0.29, 0.717) is 5.75 Å². The first-order valence-electron chi connectivity index (χ1n) is 9.59. The number of nitrogens with zero attached hydrogens (tertiary/aromatic N) is 1. The molecule has 0 spiro atoms. The molecule has 0 aliphatic carbocycles. The van der Waals surface area contributed by atoms with E-state index in [1.54, 1.807) is 12.1 Å². The zero-order valence-electron chi connectivity index (χ0n) is 16.0. The molecule has 142 valence electrons. The molecule has 1 aliphatic rings. The molecule has 28 heavy (non-hydrogen) atoms. The highest BCUT2D eigenvalue weighted by molar-refractivity contribution is 5.79. The van der Waals surface area contributed by atoms with E-state index in [1.807, 2.05) is 24.3 Å². The summed E-state index contributed by atoms with van der Waals surface area (Å²) in [6.45, 7) is 2.04. The number of benzene rings is 3. The summed E-state index contributed by atoms with van der Waals surface area (Å²) in [5.41, 5.74) is 6.15. The number of hydrogen-bond acceptors (Lipinski definition) is 4. The summed E-state index contributed by atoms with van der Waals surface area (Å²) in [5.74, 6) is 0.270. The zero-order valence-corrected chi connectivity index (χ0v) is 16.0. The summed E-state index contributed by atoms with van der Waals surface area (Å²) in [5, 5.41) is 3.29. The molecule has 4 nitrogen and oxygen atoms in total. The number of nitrogens with one attached hydrogen (secondary N) is 1. The Balaban J connectivity index is 1.55. The van der Waals surface area contributed by atoms with Crippen LogP contribution >= 0.6 is 0 Å². The maximum atomic E-state index is 12.2. The van der Waals surface area contributed by atoms with E-state index in [-0.39, 0.29) is 12.5 Å². The summed E-state index contributed by atoms with van der Waals surface area (Å²) < 4.78 is 5.38. The summed E-state index contributed by atoms with van der Waals surface area (Å²) in [4.78, 5) is 14.5. The van der Waals surface area contributed by atoms with E-state index >= 15 is 0 Å². The number of fused-ring (bicyclic) bond motifs is 1. The monoisotopic (exact) mass is 372 g/mol. The lowest BCUT2D eigenvalue weighted by molar-refractivity contribution is -0.132. The van der Waals surface area contributed by atoms with E-state index in [2.05, 4.69) is 53.7 Å². The third-order valence-electron chi connectivity index (χ3n) is 5.09. The molecule has 0 aromatic heterocycles. The number of carbonyl (C=O) groups is 1. The molecule has 1 aliphatic heterocycles. The van der Waals surface area contributed by atoms with Crippen LogP contribution < -0.4 is 10.1 Å². The molecule has 4 rings (SSSR count). The van der Waals surface area contributed by atoms with Crippen molar-refractivity contribution in [2.75, 3.05) is 25.5 Å². The van der Waals surface area contributed by atoms with Crippen molar-refractivity contribution in [1.82, 2.24) is 4.90 Å². The van der Waals surface area contributed by atoms with Gasteiger partial charge in [0, 0.05) is 18.8 Å². The van der Waals surface area contributed by atoms with Crippen LogP contribution in [0.5, 0.6) is 5.75 Å². The first-order valence-corrected chi connectivity index (χ1v) is 9.59. The van der Waals surface area contributed by atoms with Crippen LogP contribution in [0.15, 0.2) is 72.8 Å². The average Bonchev–Trinajstić information content (AvgIpc) is 2.73. The third-order valence-corrected chi connectivity index (χ3v) is 5.09. The van der Waals surface area contributed by atoms with Crippen LogP contribution in [0.3, 0.4) is 0 Å². The molecule has 0 unspecified atom stereocenters. The molecule has 0 fully saturated rings. The van der Waals surface area contributed by atoms with Crippen LogP contribution in [-0.4, -0.2) is 31.0 Å². The summed E-state index contributed by atoms with van der Waals surface area (Å²) in [6, 6.07) is 23.9. The second-order valence-corrected chi connectivity index (χ2v) is 7.11. The molecular weight excluding hydrogens is 348 g/mol. The zero-order chi connectivity index (χ0) is 19.3. The highest BCUT2D eigenvalue weighted by atomic mass is 16.5. The summed E-state index contributed by atoms with van der Waals surface area (Å²) >= 11 is 0. The number of anilines is 1. The van der Waals surface area contributed by atoms with Crippen molar-refractivity contribution in [1.29, 1.82) is 0 Å². The quantitative estimate of drug-likeness (QED) is 0.534. The fourth-order valence-corrected chi connectivity index (χ4v) is 3.69. The minimum atomic E-state index is -0.295. The van der Waals surface area contributed by atoms with Gasteiger partial charge in [0.25, 0.3) is 0 Å². The SMILES string of the molecule is CN1CCc2c(-c3ccccc3)ccc(NCC(=O)Oc3ccccc3)c2C1. The molecular formula is C24H24N2O2. The lowest BCUT2D eigenvalue weighted by atomic mass is 9.89. The van der Waals surface area contributed by atoms with Gasteiger partial charge >= 0.3 is 5.97 Å². The van der Waals surface area contributed by atoms with Crippen LogP contribution in [0.2, 0.25) is 0 Å². The van der Waals surface area contributed by atoms with Gasteiger partial charge in [0.05, 0.1) is 0 Å². The predicted molar refractivity (Wildman–Crippen MR) is 112 cm³/mol. The van der Waals surface area contributed by atoms with Crippen molar-refractivity contribution in [3.8, 4) is 16.9 Å². The van der Waals surface area contributed by atoms with Crippen molar-refractivity contribution in [3.05, 3.63) is 83.9 Å². The van der Waals surface area contributed by atoms with E-state index in [4.69, 9.17) is 4.74 Å². The number of esters is 1. The lowest BCUT2D eigenvalue weighted by Crippen LogP contribution is -2.28. The maximum absolute atomic E-state index is 12.2. The Labute approximate surface area is 165 Å². The Kier molecular flexibility index (Phi) is 5.40. The van der Waals surface area contributed by atoms with Crippen LogP contribution in [-0.2, 0) is 17.8 Å². The van der Waals surface area contributed by atoms with Gasteiger partial charge in [-0.3, -0.25) is 0 Å². The van der Waals surface area contributed by atoms with Crippen molar-refractivity contribution in [2.24, 2.45) is 0 Å². The number of likely N-dealkylation sites (N-methyl/N-ethyl adjacent to an activating group) is 1. The molecule has 4 heteroatoms. The number of rotatable bonds is 5. The van der Waals surface area contributed by atoms with Crippen molar-refractivity contribution < 1.29 is 9.53 Å². The van der Waals surface area contributed by atoms with Gasteiger partial charge in [-0.1, -0.05) is 54.6 Å². The Morgan fingerprint density at radius 2 is 1.68 bits per heavy atom. The van der Waals surface area contributed by atoms with Crippen molar-refractivity contribution >= 4 is 11.7 Å². The molecule has 1 N–H and O–H groups in total. The topological polar surface area (TPSA) is 41.6 Å². The normalized spacial score (nSPS) is 13.6. The van der Waals surface area contributed by atoms with E-state index < -0.39 is 0 Å². The molecule has 0 radical (unpaired) electrons. The molecule has 0 amide bonds. The van der Waals surface area contributed by atoms with Gasteiger partial charge in [-0.05, 0) is 53.9 Å². The molecule has 0 bridgehead atoms. The van der Waals surface area contributed by atoms with Crippen LogP contribution in [0, 0.1) is 0 Å². The number of para-hydroxylation sites is 1. The lowest BCUT2D eigenvalue weighted by Gasteiger charge is -2.29. The number of hydrogen-bond donors (Lipinski definition) is 1. The summed E-state index contributed by atoms with van der Waals surface area (Å²) in [7, 11) is 2.13. The Morgan fingerprint density at radius 1 is 0.964 bits per heavy atom. The predicted octanol–water partition coefficient (Wildman–Crippen LogP) is 4.36. The second kappa shape index (κ2) is 8.28. The number of carbonyl (C=O) groups excluding carboxylic acids is 1. The Hall–Kier alpha value is -3.11. The highest BCUT2D eigenvalue weighted by Crippen LogP contribution is 2.34. The van der Waals surface area contributed by atoms with Gasteiger partial charge in [-0.15, -0.1) is 0 Å². The highest BCUT2D eigenvalue weighted by Gasteiger charge is 2.21. The first kappa shape index (κ1) is 18.3. The fraction of sp³-hybridized carbons (Fsp3) is 0.208. The molecule has 1 heterocycles. The van der Waals surface area contributed by atoms with E-state index in [0.717, 1.165) is 25.2 Å². The largest absolute Gasteiger partial charge is 0.425 e. The van der Waals surface area contributed by atoms with E-state index in [9.17, 15) is 4.79 Å². The van der Waals surface area contributed by atoms with Gasteiger partial charge < -0.3 is 15.0 Å². The van der Waals surface area contributed by atoms with E-state index in [1.165, 1.54) is 22.3 Å². The van der Waals surface area contributed by atoms with Crippen molar-refractivity contribution in [3.63, 3.8) is 0 Å². The van der Waals surface area contributed by atoms with Gasteiger partial charge in [0.2, 0.25) is 0 Å². The molecule has 3 aromatic carbocycles. The van der Waals surface area contributed by atoms with Gasteiger partial charge in [-0.25, -0.2) is 4.79 Å². The summed E-state index contributed by atoms with van der Waals surface area (Å²) in [6.07, 6.45) is 1.00. The van der Waals surface area contributed by atoms with Crippen LogP contribution in [0.1, 0.15) is 11.1 Å². The smallest absolute Gasteiger partial charge is 0.330 e. The van der Waals surface area contributed by atoms with Gasteiger partial charge in [0.15, 0.2) is 0 Å². The molecule has 0 atom stereocenters. The average molecular weight is 372 g/mol. The van der Waals surface area contributed by atoms with Gasteiger partial charge in [0.1, 0.15) is 12.3 Å². The molecule has 3 aromatic rings. The maximum Gasteiger partial charge on any atom is 0.330 e. The second-order valence-electron chi connectivity index (χ2n) is 7.11. The minimum absolute atomic E-state index is 0.135. The fourth-order valence-electron chi connectivity index (χ4n) is 3.69. The van der Waals surface area contributed by atoms with Crippen LogP contribution in [0.4, 0.5) is 5.69 Å². The van der Waals surface area contributed by atoms with Crippen molar-refractivity contribution in [2.45, 2.75) is 13.0 Å². The third kappa shape index (κ3) is 4.07. The Morgan fingerprint density at radius 3 is 2.43 bits per heavy atom. The molecule has 0 saturated carbocycles.